The molecule has 6 heteroatoms. The maximum Gasteiger partial charge on any atom is 0.306 e. The average molecular weight is 990 g/mol. The predicted molar refractivity (Wildman–Crippen MR) is 307 cm³/mol. The van der Waals surface area contributed by atoms with Crippen molar-refractivity contribution in [1.29, 1.82) is 0 Å². The SMILES string of the molecule is CC/C=C\C/C=C\C/C=C\C/C=C\C/C=C\CCCCCC(=O)OC[C@H](COC(=O)CCCCCCCCC/C=C\CCCCCCCC)OC(=O)CCCCCCCCC/C=C\CCCCCCCC. The molecule has 0 heterocycles. The Morgan fingerprint density at radius 2 is 0.549 bits per heavy atom. The number of ether oxygens (including phenoxy) is 3. The molecule has 0 amide bonds. The summed E-state index contributed by atoms with van der Waals surface area (Å²) >= 11 is 0. The second kappa shape index (κ2) is 59.2. The molecule has 0 aliphatic carbocycles. The number of unbranched alkanes of at least 4 members (excludes halogenated alkanes) is 29. The Morgan fingerprint density at radius 1 is 0.296 bits per heavy atom. The van der Waals surface area contributed by atoms with Crippen molar-refractivity contribution in [3.05, 3.63) is 85.1 Å². The minimum absolute atomic E-state index is 0.0905. The van der Waals surface area contributed by atoms with Crippen molar-refractivity contribution in [3.8, 4) is 0 Å². The van der Waals surface area contributed by atoms with Crippen LogP contribution >= 0.6 is 0 Å². The Balaban J connectivity index is 4.45. The molecule has 0 aliphatic heterocycles. The lowest BCUT2D eigenvalue weighted by molar-refractivity contribution is -0.167. The number of carbonyl (C=O) groups excluding carboxylic acids is 3. The van der Waals surface area contributed by atoms with Crippen LogP contribution in [0.5, 0.6) is 0 Å². The Bertz CT molecular complexity index is 1370. The molecular weight excluding hydrogens is 877 g/mol. The largest absolute Gasteiger partial charge is 0.462 e. The average Bonchev–Trinajstić information content (AvgIpc) is 3.37. The van der Waals surface area contributed by atoms with E-state index in [9.17, 15) is 14.4 Å². The standard InChI is InChI=1S/C65H112O6/c1-4-7-10-13-16-19-22-25-28-31-32-35-37-40-43-46-49-52-55-58-64(67)70-61-62(71-65(68)59-56-53-50-47-44-41-38-34-30-27-24-21-18-15-12-9-6-3)60-69-63(66)57-54-51-48-45-42-39-36-33-29-26-23-20-17-14-11-8-5-2/h7,10,16,19,25-30,32,35,40,43,62H,4-6,8-9,11-15,17-18,20-24,31,33-34,36-39,41-42,44-61H2,1-3H3/b10-7-,19-16-,28-25-,29-26-,30-27-,35-32-,43-40-/t62-/m0/s1. The smallest absolute Gasteiger partial charge is 0.306 e. The molecule has 0 radical (unpaired) electrons. The van der Waals surface area contributed by atoms with Crippen LogP contribution in [0.25, 0.3) is 0 Å². The number of carbonyl (C=O) groups is 3. The third kappa shape index (κ3) is 57.4. The van der Waals surface area contributed by atoms with E-state index >= 15 is 0 Å². The fraction of sp³-hybridized carbons (Fsp3) is 0.738. The van der Waals surface area contributed by atoms with Crippen molar-refractivity contribution >= 4 is 17.9 Å². The van der Waals surface area contributed by atoms with Crippen LogP contribution in [-0.2, 0) is 28.6 Å². The molecule has 0 spiro atoms. The van der Waals surface area contributed by atoms with Crippen molar-refractivity contribution in [2.45, 2.75) is 297 Å². The Labute approximate surface area is 439 Å². The first-order chi connectivity index (χ1) is 35.0. The highest BCUT2D eigenvalue weighted by atomic mass is 16.6. The van der Waals surface area contributed by atoms with Gasteiger partial charge in [0.15, 0.2) is 6.10 Å². The molecule has 0 unspecified atom stereocenters. The summed E-state index contributed by atoms with van der Waals surface area (Å²) in [6.45, 7) is 6.50. The topological polar surface area (TPSA) is 78.9 Å². The van der Waals surface area contributed by atoms with Crippen LogP contribution in [-0.4, -0.2) is 37.2 Å². The van der Waals surface area contributed by atoms with E-state index in [0.29, 0.717) is 19.3 Å². The number of esters is 3. The summed E-state index contributed by atoms with van der Waals surface area (Å²) in [6.07, 6.45) is 77.1. The Morgan fingerprint density at radius 3 is 0.887 bits per heavy atom. The second-order valence-corrected chi connectivity index (χ2v) is 19.9. The maximum atomic E-state index is 12.9. The fourth-order valence-corrected chi connectivity index (χ4v) is 8.34. The van der Waals surface area contributed by atoms with E-state index in [-0.39, 0.29) is 31.1 Å². The molecule has 408 valence electrons. The molecule has 0 aromatic rings. The highest BCUT2D eigenvalue weighted by molar-refractivity contribution is 5.71. The normalized spacial score (nSPS) is 12.7. The maximum absolute atomic E-state index is 12.9. The molecule has 0 aliphatic rings. The van der Waals surface area contributed by atoms with Gasteiger partial charge in [-0.1, -0.05) is 241 Å². The van der Waals surface area contributed by atoms with E-state index in [2.05, 4.69) is 106 Å². The zero-order valence-corrected chi connectivity index (χ0v) is 46.7. The van der Waals surface area contributed by atoms with E-state index in [1.54, 1.807) is 0 Å². The molecule has 71 heavy (non-hydrogen) atoms. The van der Waals surface area contributed by atoms with Crippen LogP contribution in [0.4, 0.5) is 0 Å². The van der Waals surface area contributed by atoms with Crippen molar-refractivity contribution < 1.29 is 28.6 Å². The van der Waals surface area contributed by atoms with Gasteiger partial charge in [0.2, 0.25) is 0 Å². The van der Waals surface area contributed by atoms with Crippen LogP contribution < -0.4 is 0 Å². The van der Waals surface area contributed by atoms with Gasteiger partial charge in [-0.05, 0) is 116 Å². The second-order valence-electron chi connectivity index (χ2n) is 19.9. The predicted octanol–water partition coefficient (Wildman–Crippen LogP) is 20.3. The van der Waals surface area contributed by atoms with Gasteiger partial charge in [-0.15, -0.1) is 0 Å². The van der Waals surface area contributed by atoms with Gasteiger partial charge in [0, 0.05) is 19.3 Å². The Kier molecular flexibility index (Phi) is 56.3. The van der Waals surface area contributed by atoms with Crippen LogP contribution in [0.3, 0.4) is 0 Å². The lowest BCUT2D eigenvalue weighted by Gasteiger charge is -2.18. The minimum Gasteiger partial charge on any atom is -0.462 e. The zero-order valence-electron chi connectivity index (χ0n) is 46.7. The van der Waals surface area contributed by atoms with Crippen molar-refractivity contribution in [2.24, 2.45) is 0 Å². The molecule has 1 atom stereocenters. The number of rotatable bonds is 54. The highest BCUT2D eigenvalue weighted by Crippen LogP contribution is 2.15. The third-order valence-electron chi connectivity index (χ3n) is 12.9. The number of allylic oxidation sites excluding steroid dienone is 14. The van der Waals surface area contributed by atoms with Crippen LogP contribution in [0.15, 0.2) is 85.1 Å². The lowest BCUT2D eigenvalue weighted by atomic mass is 10.1. The van der Waals surface area contributed by atoms with E-state index in [4.69, 9.17) is 14.2 Å². The van der Waals surface area contributed by atoms with Gasteiger partial charge in [-0.2, -0.15) is 0 Å². The number of hydrogen-bond acceptors (Lipinski definition) is 6. The van der Waals surface area contributed by atoms with Crippen LogP contribution in [0.2, 0.25) is 0 Å². The first-order valence-electron chi connectivity index (χ1n) is 30.1. The first kappa shape index (κ1) is 67.6. The third-order valence-corrected chi connectivity index (χ3v) is 12.9. The van der Waals surface area contributed by atoms with E-state index in [1.807, 2.05) is 0 Å². The van der Waals surface area contributed by atoms with Gasteiger partial charge >= 0.3 is 17.9 Å². The van der Waals surface area contributed by atoms with Crippen LogP contribution in [0, 0.1) is 0 Å². The summed E-state index contributed by atoms with van der Waals surface area (Å²) in [4.78, 5) is 38.2. The van der Waals surface area contributed by atoms with Gasteiger partial charge in [-0.25, -0.2) is 0 Å². The van der Waals surface area contributed by atoms with Gasteiger partial charge in [0.1, 0.15) is 13.2 Å². The summed E-state index contributed by atoms with van der Waals surface area (Å²) in [5, 5.41) is 0. The van der Waals surface area contributed by atoms with Gasteiger partial charge < -0.3 is 14.2 Å². The van der Waals surface area contributed by atoms with E-state index in [1.165, 1.54) is 154 Å². The summed E-state index contributed by atoms with van der Waals surface area (Å²) in [5.41, 5.74) is 0. The highest BCUT2D eigenvalue weighted by Gasteiger charge is 2.19. The molecule has 0 N–H and O–H groups in total. The molecular formula is C65H112O6. The van der Waals surface area contributed by atoms with Gasteiger partial charge in [0.05, 0.1) is 0 Å². The molecule has 0 fully saturated rings. The summed E-state index contributed by atoms with van der Waals surface area (Å²) < 4.78 is 16.9. The molecule has 0 bridgehead atoms. The first-order valence-corrected chi connectivity index (χ1v) is 30.1. The summed E-state index contributed by atoms with van der Waals surface area (Å²) in [6, 6.07) is 0. The van der Waals surface area contributed by atoms with Crippen LogP contribution in [0.1, 0.15) is 290 Å². The molecule has 0 aromatic carbocycles. The van der Waals surface area contributed by atoms with Crippen molar-refractivity contribution in [2.75, 3.05) is 13.2 Å². The van der Waals surface area contributed by atoms with Gasteiger partial charge in [-0.3, -0.25) is 14.4 Å². The monoisotopic (exact) mass is 989 g/mol. The molecule has 0 saturated heterocycles. The fourth-order valence-electron chi connectivity index (χ4n) is 8.34. The lowest BCUT2D eigenvalue weighted by Crippen LogP contribution is -2.30. The molecule has 0 rings (SSSR count). The minimum atomic E-state index is -0.795. The van der Waals surface area contributed by atoms with Gasteiger partial charge in [0.25, 0.3) is 0 Å². The zero-order chi connectivity index (χ0) is 51.4. The van der Waals surface area contributed by atoms with E-state index < -0.39 is 6.10 Å². The summed E-state index contributed by atoms with van der Waals surface area (Å²) in [5.74, 6) is -0.924. The molecule has 0 aromatic heterocycles. The van der Waals surface area contributed by atoms with Crippen molar-refractivity contribution in [1.82, 2.24) is 0 Å². The molecule has 0 saturated carbocycles. The molecule has 6 nitrogen and oxygen atoms in total. The van der Waals surface area contributed by atoms with E-state index in [0.717, 1.165) is 96.3 Å². The summed E-state index contributed by atoms with van der Waals surface area (Å²) in [7, 11) is 0. The Hall–Kier alpha value is -3.41. The van der Waals surface area contributed by atoms with Crippen molar-refractivity contribution in [3.63, 3.8) is 0 Å². The quantitative estimate of drug-likeness (QED) is 0.0261. The number of hydrogen-bond donors (Lipinski definition) is 0.